The van der Waals surface area contributed by atoms with Crippen LogP contribution < -0.4 is 5.32 Å². The predicted molar refractivity (Wildman–Crippen MR) is 79.1 cm³/mol. The van der Waals surface area contributed by atoms with Crippen molar-refractivity contribution < 1.29 is 9.59 Å². The third-order valence-electron chi connectivity index (χ3n) is 4.71. The van der Waals surface area contributed by atoms with Crippen molar-refractivity contribution >= 4 is 11.8 Å². The lowest BCUT2D eigenvalue weighted by Crippen LogP contribution is -2.68. The average molecular weight is 280 g/mol. The highest BCUT2D eigenvalue weighted by Gasteiger charge is 2.46. The largest absolute Gasteiger partial charge is 0.342 e. The van der Waals surface area contributed by atoms with Gasteiger partial charge in [0.15, 0.2) is 0 Å². The lowest BCUT2D eigenvalue weighted by atomic mass is 9.80. The van der Waals surface area contributed by atoms with Crippen molar-refractivity contribution in [2.45, 2.75) is 77.9 Å². The van der Waals surface area contributed by atoms with E-state index < -0.39 is 0 Å². The van der Waals surface area contributed by atoms with Crippen molar-refractivity contribution in [3.63, 3.8) is 0 Å². The standard InChI is InChI=1S/C16H28N2O2/c1-10(2)13-16(20)18(11(3)4)14(15(19)17-13)12-8-6-5-7-9-12/h10-14H,5-9H2,1-4H3,(H,17,19). The minimum absolute atomic E-state index is 0.0592. The van der Waals surface area contributed by atoms with Gasteiger partial charge in [-0.3, -0.25) is 9.59 Å². The fraction of sp³-hybridized carbons (Fsp3) is 0.875. The lowest BCUT2D eigenvalue weighted by molar-refractivity contribution is -0.155. The Morgan fingerprint density at radius 1 is 1.05 bits per heavy atom. The predicted octanol–water partition coefficient (Wildman–Crippen LogP) is 2.33. The molecule has 2 amide bonds. The van der Waals surface area contributed by atoms with Crippen LogP contribution in [0.4, 0.5) is 0 Å². The third kappa shape index (κ3) is 2.84. The number of nitrogens with one attached hydrogen (secondary N) is 1. The first kappa shape index (κ1) is 15.3. The molecule has 4 heteroatoms. The first-order chi connectivity index (χ1) is 9.43. The third-order valence-corrected chi connectivity index (χ3v) is 4.71. The van der Waals surface area contributed by atoms with Crippen LogP contribution in [0.25, 0.3) is 0 Å². The van der Waals surface area contributed by atoms with Gasteiger partial charge < -0.3 is 10.2 Å². The Balaban J connectivity index is 2.25. The Bertz CT molecular complexity index is 373. The molecular weight excluding hydrogens is 252 g/mol. The molecule has 1 aliphatic heterocycles. The molecule has 2 unspecified atom stereocenters. The smallest absolute Gasteiger partial charge is 0.246 e. The van der Waals surface area contributed by atoms with E-state index in [-0.39, 0.29) is 35.9 Å². The maximum Gasteiger partial charge on any atom is 0.246 e. The normalized spacial score (nSPS) is 29.2. The van der Waals surface area contributed by atoms with E-state index in [1.54, 1.807) is 0 Å². The van der Waals surface area contributed by atoms with Gasteiger partial charge in [0.2, 0.25) is 11.8 Å². The number of piperazine rings is 1. The van der Waals surface area contributed by atoms with Crippen LogP contribution in [0.5, 0.6) is 0 Å². The number of rotatable bonds is 3. The summed E-state index contributed by atoms with van der Waals surface area (Å²) < 4.78 is 0. The van der Waals surface area contributed by atoms with Gasteiger partial charge in [0.05, 0.1) is 0 Å². The molecular formula is C16H28N2O2. The Hall–Kier alpha value is -1.06. The fourth-order valence-electron chi connectivity index (χ4n) is 3.64. The Kier molecular flexibility index (Phi) is 4.71. The van der Waals surface area contributed by atoms with E-state index in [1.165, 1.54) is 19.3 Å². The van der Waals surface area contributed by atoms with E-state index in [2.05, 4.69) is 5.32 Å². The molecule has 2 aliphatic rings. The van der Waals surface area contributed by atoms with E-state index >= 15 is 0 Å². The zero-order valence-corrected chi connectivity index (χ0v) is 13.2. The van der Waals surface area contributed by atoms with Crippen LogP contribution in [0, 0.1) is 11.8 Å². The Labute approximate surface area is 122 Å². The van der Waals surface area contributed by atoms with Gasteiger partial charge in [0, 0.05) is 6.04 Å². The van der Waals surface area contributed by atoms with E-state index in [9.17, 15) is 9.59 Å². The molecule has 2 fully saturated rings. The number of carbonyl (C=O) groups is 2. The fourth-order valence-corrected chi connectivity index (χ4v) is 3.64. The molecule has 0 aromatic heterocycles. The first-order valence-corrected chi connectivity index (χ1v) is 8.06. The molecule has 2 rings (SSSR count). The molecule has 0 aromatic rings. The lowest BCUT2D eigenvalue weighted by Gasteiger charge is -2.46. The van der Waals surface area contributed by atoms with Crippen LogP contribution in [0.2, 0.25) is 0 Å². The SMILES string of the molecule is CC(C)C1NC(=O)C(C2CCCCC2)N(C(C)C)C1=O. The Morgan fingerprint density at radius 2 is 1.65 bits per heavy atom. The molecule has 4 nitrogen and oxygen atoms in total. The van der Waals surface area contributed by atoms with Crippen LogP contribution in [0.1, 0.15) is 59.8 Å². The molecule has 1 heterocycles. The highest BCUT2D eigenvalue weighted by atomic mass is 16.2. The highest BCUT2D eigenvalue weighted by Crippen LogP contribution is 2.32. The maximum atomic E-state index is 12.7. The van der Waals surface area contributed by atoms with Gasteiger partial charge in [-0.15, -0.1) is 0 Å². The molecule has 1 aliphatic carbocycles. The second-order valence-corrected chi connectivity index (χ2v) is 6.91. The maximum absolute atomic E-state index is 12.7. The van der Waals surface area contributed by atoms with Crippen molar-refractivity contribution in [2.75, 3.05) is 0 Å². The quantitative estimate of drug-likeness (QED) is 0.862. The number of hydrogen-bond acceptors (Lipinski definition) is 2. The molecule has 0 radical (unpaired) electrons. The van der Waals surface area contributed by atoms with Gasteiger partial charge in [0.25, 0.3) is 0 Å². The van der Waals surface area contributed by atoms with Crippen molar-refractivity contribution in [1.82, 2.24) is 10.2 Å². The van der Waals surface area contributed by atoms with Gasteiger partial charge in [-0.05, 0) is 38.5 Å². The summed E-state index contributed by atoms with van der Waals surface area (Å²) >= 11 is 0. The minimum atomic E-state index is -0.357. The summed E-state index contributed by atoms with van der Waals surface area (Å²) in [4.78, 5) is 27.1. The summed E-state index contributed by atoms with van der Waals surface area (Å²) in [5.74, 6) is 0.636. The number of nitrogens with zero attached hydrogens (tertiary/aromatic N) is 1. The monoisotopic (exact) mass is 280 g/mol. The topological polar surface area (TPSA) is 49.4 Å². The molecule has 0 spiro atoms. The molecule has 2 atom stereocenters. The van der Waals surface area contributed by atoms with Gasteiger partial charge >= 0.3 is 0 Å². The summed E-state index contributed by atoms with van der Waals surface area (Å²) in [5, 5.41) is 2.97. The van der Waals surface area contributed by atoms with Gasteiger partial charge in [0.1, 0.15) is 12.1 Å². The average Bonchev–Trinajstić information content (AvgIpc) is 2.40. The van der Waals surface area contributed by atoms with Crippen LogP contribution in [-0.4, -0.2) is 34.8 Å². The van der Waals surface area contributed by atoms with Gasteiger partial charge in [-0.2, -0.15) is 0 Å². The summed E-state index contributed by atoms with van der Waals surface area (Å²) in [6.07, 6.45) is 5.77. The first-order valence-electron chi connectivity index (χ1n) is 8.06. The highest BCUT2D eigenvalue weighted by molar-refractivity contribution is 5.97. The van der Waals surface area contributed by atoms with E-state index in [0.29, 0.717) is 5.92 Å². The molecule has 1 N–H and O–H groups in total. The van der Waals surface area contributed by atoms with Gasteiger partial charge in [-0.25, -0.2) is 0 Å². The number of carbonyl (C=O) groups excluding carboxylic acids is 2. The summed E-state index contributed by atoms with van der Waals surface area (Å²) in [6.45, 7) is 8.01. The molecule has 20 heavy (non-hydrogen) atoms. The zero-order valence-electron chi connectivity index (χ0n) is 13.2. The van der Waals surface area contributed by atoms with Crippen molar-refractivity contribution in [3.8, 4) is 0 Å². The summed E-state index contributed by atoms with van der Waals surface area (Å²) in [6, 6.07) is -0.524. The van der Waals surface area contributed by atoms with Crippen LogP contribution >= 0.6 is 0 Å². The van der Waals surface area contributed by atoms with Crippen molar-refractivity contribution in [3.05, 3.63) is 0 Å². The minimum Gasteiger partial charge on any atom is -0.342 e. The van der Waals surface area contributed by atoms with Crippen molar-refractivity contribution in [1.29, 1.82) is 0 Å². The second-order valence-electron chi connectivity index (χ2n) is 6.91. The van der Waals surface area contributed by atoms with Crippen LogP contribution in [0.3, 0.4) is 0 Å². The van der Waals surface area contributed by atoms with Crippen molar-refractivity contribution in [2.24, 2.45) is 11.8 Å². The number of hydrogen-bond donors (Lipinski definition) is 1. The summed E-state index contributed by atoms with van der Waals surface area (Å²) in [7, 11) is 0. The zero-order chi connectivity index (χ0) is 14.9. The molecule has 114 valence electrons. The van der Waals surface area contributed by atoms with Gasteiger partial charge in [-0.1, -0.05) is 33.1 Å². The molecule has 1 saturated heterocycles. The number of amides is 2. The Morgan fingerprint density at radius 3 is 2.15 bits per heavy atom. The van der Waals surface area contributed by atoms with Crippen LogP contribution in [-0.2, 0) is 9.59 Å². The summed E-state index contributed by atoms with van der Waals surface area (Å²) in [5.41, 5.74) is 0. The molecule has 1 saturated carbocycles. The van der Waals surface area contributed by atoms with E-state index in [4.69, 9.17) is 0 Å². The van der Waals surface area contributed by atoms with E-state index in [1.807, 2.05) is 32.6 Å². The molecule has 0 bridgehead atoms. The molecule has 0 aromatic carbocycles. The second kappa shape index (κ2) is 6.15. The van der Waals surface area contributed by atoms with E-state index in [0.717, 1.165) is 12.8 Å². The van der Waals surface area contributed by atoms with Crippen LogP contribution in [0.15, 0.2) is 0 Å².